The van der Waals surface area contributed by atoms with E-state index in [1.807, 2.05) is 28.6 Å². The molecule has 1 fully saturated rings. The lowest BCUT2D eigenvalue weighted by atomic mass is 10.1. The Morgan fingerprint density at radius 3 is 2.36 bits per heavy atom. The third-order valence-electron chi connectivity index (χ3n) is 4.66. The fourth-order valence-corrected chi connectivity index (χ4v) is 3.31. The number of carbonyl (C=O) groups excluding carboxylic acids is 1. The number of halogens is 1. The van der Waals surface area contributed by atoms with Gasteiger partial charge in [-0.25, -0.2) is 4.39 Å². The van der Waals surface area contributed by atoms with Gasteiger partial charge < -0.3 is 14.6 Å². The van der Waals surface area contributed by atoms with Gasteiger partial charge in [-0.15, -0.1) is 0 Å². The molecule has 1 aromatic carbocycles. The first-order valence-electron chi connectivity index (χ1n) is 8.57. The second kappa shape index (κ2) is 7.37. The molecule has 0 radical (unpaired) electrons. The normalized spacial score (nSPS) is 16.9. The molecule has 0 aliphatic carbocycles. The van der Waals surface area contributed by atoms with Crippen LogP contribution in [0.15, 0.2) is 36.4 Å². The van der Waals surface area contributed by atoms with Crippen molar-refractivity contribution < 1.29 is 14.3 Å². The molecule has 25 heavy (non-hydrogen) atoms. The Morgan fingerprint density at radius 2 is 1.76 bits per heavy atom. The Balaban J connectivity index is 1.70. The van der Waals surface area contributed by atoms with Gasteiger partial charge in [0.25, 0.3) is 5.91 Å². The van der Waals surface area contributed by atoms with Gasteiger partial charge in [0.05, 0.1) is 6.10 Å². The Bertz CT molecular complexity index is 732. The number of amides is 1. The summed E-state index contributed by atoms with van der Waals surface area (Å²) in [6.07, 6.45) is -0.353. The molecule has 6 heteroatoms. The highest BCUT2D eigenvalue weighted by atomic mass is 19.1. The van der Waals surface area contributed by atoms with Crippen molar-refractivity contribution >= 4 is 5.91 Å². The van der Waals surface area contributed by atoms with E-state index < -0.39 is 0 Å². The highest BCUT2D eigenvalue weighted by Crippen LogP contribution is 2.23. The maximum Gasteiger partial charge on any atom is 0.270 e. The third-order valence-corrected chi connectivity index (χ3v) is 4.66. The summed E-state index contributed by atoms with van der Waals surface area (Å²) < 4.78 is 15.0. The van der Waals surface area contributed by atoms with Crippen molar-refractivity contribution in [2.45, 2.75) is 13.0 Å². The van der Waals surface area contributed by atoms with E-state index in [9.17, 15) is 14.3 Å². The highest BCUT2D eigenvalue weighted by Gasteiger charge is 2.24. The first-order valence-corrected chi connectivity index (χ1v) is 8.57. The number of aliphatic hydroxyl groups excluding tert-OH is 1. The molecule has 0 bridgehead atoms. The van der Waals surface area contributed by atoms with E-state index in [0.29, 0.717) is 25.3 Å². The molecule has 1 saturated heterocycles. The minimum absolute atomic E-state index is 0.00700. The second-order valence-electron chi connectivity index (χ2n) is 6.61. The standard InChI is InChI=1S/C19H24FN3O2/c1-14(24)13-22-9-11-23(12-10-22)19(25)18-8-7-17(21(18)2)15-3-5-16(20)6-4-15/h3-8,14,24H,9-13H2,1-2H3/t14-/m0/s1. The van der Waals surface area contributed by atoms with Crippen LogP contribution in [0.1, 0.15) is 17.4 Å². The zero-order chi connectivity index (χ0) is 18.0. The van der Waals surface area contributed by atoms with Crippen LogP contribution in [-0.4, -0.2) is 64.2 Å². The van der Waals surface area contributed by atoms with Crippen molar-refractivity contribution in [2.75, 3.05) is 32.7 Å². The average molecular weight is 345 g/mol. The Hall–Kier alpha value is -2.18. The molecule has 1 aromatic heterocycles. The van der Waals surface area contributed by atoms with Crippen LogP contribution in [0.3, 0.4) is 0 Å². The molecule has 5 nitrogen and oxygen atoms in total. The van der Waals surface area contributed by atoms with E-state index >= 15 is 0 Å². The summed E-state index contributed by atoms with van der Waals surface area (Å²) in [5, 5.41) is 9.47. The number of aliphatic hydroxyl groups is 1. The molecule has 0 unspecified atom stereocenters. The van der Waals surface area contributed by atoms with Gasteiger partial charge in [-0.1, -0.05) is 0 Å². The minimum Gasteiger partial charge on any atom is -0.392 e. The Labute approximate surface area is 147 Å². The van der Waals surface area contributed by atoms with Gasteiger partial charge in [-0.3, -0.25) is 9.69 Å². The van der Waals surface area contributed by atoms with Crippen LogP contribution >= 0.6 is 0 Å². The third kappa shape index (κ3) is 3.91. The van der Waals surface area contributed by atoms with Crippen LogP contribution in [0.25, 0.3) is 11.3 Å². The smallest absolute Gasteiger partial charge is 0.270 e. The summed E-state index contributed by atoms with van der Waals surface area (Å²) in [7, 11) is 1.86. The molecule has 1 amide bonds. The summed E-state index contributed by atoms with van der Waals surface area (Å²) >= 11 is 0. The van der Waals surface area contributed by atoms with Crippen molar-refractivity contribution in [3.8, 4) is 11.3 Å². The molecule has 1 aliphatic rings. The van der Waals surface area contributed by atoms with Crippen LogP contribution in [0, 0.1) is 5.82 Å². The molecule has 2 heterocycles. The maximum absolute atomic E-state index is 13.1. The lowest BCUT2D eigenvalue weighted by Gasteiger charge is -2.35. The lowest BCUT2D eigenvalue weighted by Crippen LogP contribution is -2.50. The van der Waals surface area contributed by atoms with Crippen LogP contribution in [0.2, 0.25) is 0 Å². The monoisotopic (exact) mass is 345 g/mol. The molecule has 1 atom stereocenters. The van der Waals surface area contributed by atoms with Gasteiger partial charge in [0, 0.05) is 45.5 Å². The van der Waals surface area contributed by atoms with E-state index in [0.717, 1.165) is 24.3 Å². The van der Waals surface area contributed by atoms with E-state index in [-0.39, 0.29) is 17.8 Å². The number of rotatable bonds is 4. The van der Waals surface area contributed by atoms with E-state index in [4.69, 9.17) is 0 Å². The fraction of sp³-hybridized carbons (Fsp3) is 0.421. The molecule has 1 N–H and O–H groups in total. The molecule has 2 aromatic rings. The SMILES string of the molecule is C[C@H](O)CN1CCN(C(=O)c2ccc(-c3ccc(F)cc3)n2C)CC1. The average Bonchev–Trinajstić information content (AvgIpc) is 2.97. The Kier molecular flexibility index (Phi) is 5.20. The van der Waals surface area contributed by atoms with Gasteiger partial charge in [-0.2, -0.15) is 0 Å². The van der Waals surface area contributed by atoms with Crippen molar-refractivity contribution in [1.82, 2.24) is 14.4 Å². The van der Waals surface area contributed by atoms with Crippen molar-refractivity contribution in [2.24, 2.45) is 7.05 Å². The van der Waals surface area contributed by atoms with Gasteiger partial charge >= 0.3 is 0 Å². The van der Waals surface area contributed by atoms with E-state index in [2.05, 4.69) is 4.90 Å². The number of nitrogens with zero attached hydrogens (tertiary/aromatic N) is 3. The van der Waals surface area contributed by atoms with E-state index in [1.165, 1.54) is 12.1 Å². The van der Waals surface area contributed by atoms with Gasteiger partial charge in [0.2, 0.25) is 0 Å². The summed E-state index contributed by atoms with van der Waals surface area (Å²) in [4.78, 5) is 16.8. The molecule has 0 spiro atoms. The van der Waals surface area contributed by atoms with Gasteiger partial charge in [0.15, 0.2) is 0 Å². The maximum atomic E-state index is 13.1. The fourth-order valence-electron chi connectivity index (χ4n) is 3.31. The summed E-state index contributed by atoms with van der Waals surface area (Å²) in [6, 6.07) is 9.99. The molecular formula is C19H24FN3O2. The number of benzene rings is 1. The molecule has 3 rings (SSSR count). The lowest BCUT2D eigenvalue weighted by molar-refractivity contribution is 0.0546. The largest absolute Gasteiger partial charge is 0.392 e. The first-order chi connectivity index (χ1) is 12.0. The zero-order valence-electron chi connectivity index (χ0n) is 14.7. The van der Waals surface area contributed by atoms with Crippen LogP contribution in [-0.2, 0) is 7.05 Å². The van der Waals surface area contributed by atoms with Crippen LogP contribution in [0.5, 0.6) is 0 Å². The molecular weight excluding hydrogens is 321 g/mol. The van der Waals surface area contributed by atoms with Crippen molar-refractivity contribution in [1.29, 1.82) is 0 Å². The number of aromatic nitrogens is 1. The number of piperazine rings is 1. The number of carbonyl (C=O) groups is 1. The predicted molar refractivity (Wildman–Crippen MR) is 94.8 cm³/mol. The van der Waals surface area contributed by atoms with Crippen molar-refractivity contribution in [3.05, 3.63) is 47.9 Å². The predicted octanol–water partition coefficient (Wildman–Crippen LogP) is 1.97. The van der Waals surface area contributed by atoms with Crippen LogP contribution < -0.4 is 0 Å². The first kappa shape index (κ1) is 17.6. The second-order valence-corrected chi connectivity index (χ2v) is 6.61. The van der Waals surface area contributed by atoms with Crippen LogP contribution in [0.4, 0.5) is 4.39 Å². The molecule has 0 saturated carbocycles. The molecule has 1 aliphatic heterocycles. The number of β-amino-alcohol motifs (C(OH)–C–C–N with tert-alkyl or cyclic N) is 1. The number of hydrogen-bond donors (Lipinski definition) is 1. The summed E-state index contributed by atoms with van der Waals surface area (Å²) in [5.41, 5.74) is 2.39. The summed E-state index contributed by atoms with van der Waals surface area (Å²) in [5.74, 6) is -0.267. The number of hydrogen-bond acceptors (Lipinski definition) is 3. The van der Waals surface area contributed by atoms with Gasteiger partial charge in [0.1, 0.15) is 11.5 Å². The van der Waals surface area contributed by atoms with E-state index in [1.54, 1.807) is 19.1 Å². The molecule has 134 valence electrons. The quantitative estimate of drug-likeness (QED) is 0.922. The van der Waals surface area contributed by atoms with Crippen molar-refractivity contribution in [3.63, 3.8) is 0 Å². The van der Waals surface area contributed by atoms with Gasteiger partial charge in [-0.05, 0) is 48.9 Å². The Morgan fingerprint density at radius 1 is 1.12 bits per heavy atom. The minimum atomic E-state index is -0.353. The zero-order valence-corrected chi connectivity index (χ0v) is 14.7. The highest BCUT2D eigenvalue weighted by molar-refractivity contribution is 5.94. The summed E-state index contributed by atoms with van der Waals surface area (Å²) in [6.45, 7) is 5.27. The topological polar surface area (TPSA) is 48.7 Å².